The fourth-order valence-corrected chi connectivity index (χ4v) is 4.52. The number of hydrogen-bond donors (Lipinski definition) is 2. The lowest BCUT2D eigenvalue weighted by atomic mass is 10.1. The van der Waals surface area contributed by atoms with Gasteiger partial charge >= 0.3 is 0 Å². The number of anilines is 1. The average Bonchev–Trinajstić information content (AvgIpc) is 3.21. The van der Waals surface area contributed by atoms with Crippen LogP contribution in [0.4, 0.5) is 11.4 Å². The van der Waals surface area contributed by atoms with Gasteiger partial charge in [0.25, 0.3) is 0 Å². The minimum Gasteiger partial charge on any atom is -0.371 e. The predicted octanol–water partition coefficient (Wildman–Crippen LogP) is 3.46. The molecule has 154 valence electrons. The molecule has 0 aliphatic carbocycles. The van der Waals surface area contributed by atoms with Crippen LogP contribution < -0.4 is 10.6 Å². The Bertz CT molecular complexity index is 830. The molecule has 8 heteroatoms. The van der Waals surface area contributed by atoms with Crippen LogP contribution in [0.1, 0.15) is 11.1 Å². The third-order valence-corrected chi connectivity index (χ3v) is 6.16. The lowest BCUT2D eigenvalue weighted by Gasteiger charge is -2.25. The molecule has 3 rings (SSSR count). The van der Waals surface area contributed by atoms with E-state index in [9.17, 15) is 9.70 Å². The Labute approximate surface area is 174 Å². The summed E-state index contributed by atoms with van der Waals surface area (Å²) in [5, 5.41) is 9.06. The molecule has 29 heavy (non-hydrogen) atoms. The van der Waals surface area contributed by atoms with Gasteiger partial charge in [-0.15, -0.1) is 16.7 Å². The minimum atomic E-state index is -0.441. The largest absolute Gasteiger partial charge is 0.371 e. The molecular weight excluding hydrogens is 390 g/mol. The van der Waals surface area contributed by atoms with Crippen LogP contribution in [-0.4, -0.2) is 44.3 Å². The lowest BCUT2D eigenvalue weighted by molar-refractivity contribution is -0.123. The van der Waals surface area contributed by atoms with Gasteiger partial charge in [0.05, 0.1) is 10.9 Å². The zero-order chi connectivity index (χ0) is 20.6. The predicted molar refractivity (Wildman–Crippen MR) is 115 cm³/mol. The summed E-state index contributed by atoms with van der Waals surface area (Å²) in [6.45, 7) is 0.399. The maximum atomic E-state index is 12.7. The number of rotatable bonds is 10. The summed E-state index contributed by atoms with van der Waals surface area (Å²) in [7, 11) is 3.18. The Morgan fingerprint density at radius 2 is 1.97 bits per heavy atom. The number of ether oxygens (including phenoxy) is 2. The molecule has 1 aliphatic rings. The number of benzene rings is 2. The first kappa shape index (κ1) is 21.3. The molecule has 0 bridgehead atoms. The first-order valence-electron chi connectivity index (χ1n) is 9.37. The van der Waals surface area contributed by atoms with Crippen molar-refractivity contribution in [1.29, 1.82) is 0 Å². The van der Waals surface area contributed by atoms with Crippen LogP contribution in [0.2, 0.25) is 0 Å². The van der Waals surface area contributed by atoms with Crippen molar-refractivity contribution in [2.45, 2.75) is 29.8 Å². The summed E-state index contributed by atoms with van der Waals surface area (Å²) in [5.41, 5.74) is 3.09. The lowest BCUT2D eigenvalue weighted by Crippen LogP contribution is -2.44. The highest BCUT2D eigenvalue weighted by Crippen LogP contribution is 2.35. The third-order valence-electron chi connectivity index (χ3n) is 4.84. The number of nitrogens with one attached hydrogen (secondary N) is 2. The molecule has 1 heterocycles. The molecule has 0 saturated heterocycles. The zero-order valence-electron chi connectivity index (χ0n) is 16.5. The van der Waals surface area contributed by atoms with Crippen molar-refractivity contribution in [1.82, 2.24) is 5.32 Å². The SMILES string of the molecule is COC(OC)C(CNC(=O)C1Cc2cccc(N=O)c2N1)SCc1ccccc1. The average molecular weight is 416 g/mol. The number of nitrogens with zero attached hydrogens (tertiary/aromatic N) is 1. The van der Waals surface area contributed by atoms with Gasteiger partial charge in [-0.1, -0.05) is 42.5 Å². The van der Waals surface area contributed by atoms with Crippen molar-refractivity contribution >= 4 is 29.0 Å². The van der Waals surface area contributed by atoms with E-state index in [0.717, 1.165) is 11.3 Å². The Hall–Kier alpha value is -2.42. The van der Waals surface area contributed by atoms with Crippen molar-refractivity contribution in [3.05, 3.63) is 64.6 Å². The molecule has 2 unspecified atom stereocenters. The Balaban J connectivity index is 1.58. The first-order valence-corrected chi connectivity index (χ1v) is 10.4. The van der Waals surface area contributed by atoms with Crippen LogP contribution >= 0.6 is 11.8 Å². The fraction of sp³-hybridized carbons (Fsp3) is 0.381. The van der Waals surface area contributed by atoms with Gasteiger partial charge in [0.1, 0.15) is 11.7 Å². The van der Waals surface area contributed by atoms with E-state index in [2.05, 4.69) is 27.9 Å². The van der Waals surface area contributed by atoms with Gasteiger partial charge in [0, 0.05) is 32.9 Å². The van der Waals surface area contributed by atoms with E-state index in [4.69, 9.17) is 9.47 Å². The summed E-state index contributed by atoms with van der Waals surface area (Å²) in [4.78, 5) is 23.7. The Kier molecular flexibility index (Phi) is 7.62. The van der Waals surface area contributed by atoms with E-state index in [-0.39, 0.29) is 11.2 Å². The molecule has 0 spiro atoms. The van der Waals surface area contributed by atoms with Crippen molar-refractivity contribution < 1.29 is 14.3 Å². The van der Waals surface area contributed by atoms with Gasteiger partial charge in [-0.25, -0.2) is 0 Å². The van der Waals surface area contributed by atoms with Crippen molar-refractivity contribution in [2.75, 3.05) is 26.1 Å². The maximum absolute atomic E-state index is 12.7. The molecule has 0 fully saturated rings. The number of carbonyl (C=O) groups excluding carboxylic acids is 1. The smallest absolute Gasteiger partial charge is 0.242 e. The summed E-state index contributed by atoms with van der Waals surface area (Å²) in [6, 6.07) is 15.0. The van der Waals surface area contributed by atoms with Gasteiger partial charge in [0.15, 0.2) is 6.29 Å². The van der Waals surface area contributed by atoms with E-state index in [1.807, 2.05) is 24.3 Å². The number of para-hydroxylation sites is 1. The monoisotopic (exact) mass is 415 g/mol. The molecule has 7 nitrogen and oxygen atoms in total. The summed E-state index contributed by atoms with van der Waals surface area (Å²) in [5.74, 6) is 0.654. The van der Waals surface area contributed by atoms with Gasteiger partial charge in [-0.05, 0) is 22.4 Å². The number of fused-ring (bicyclic) bond motifs is 1. The van der Waals surface area contributed by atoms with Crippen LogP contribution in [-0.2, 0) is 26.4 Å². The van der Waals surface area contributed by atoms with Gasteiger partial charge in [0.2, 0.25) is 5.91 Å². The van der Waals surface area contributed by atoms with E-state index < -0.39 is 12.3 Å². The molecule has 1 aliphatic heterocycles. The van der Waals surface area contributed by atoms with Gasteiger partial charge in [-0.2, -0.15) is 0 Å². The molecule has 0 radical (unpaired) electrons. The molecule has 0 aromatic heterocycles. The number of amides is 1. The Morgan fingerprint density at radius 1 is 1.21 bits per heavy atom. The minimum absolute atomic E-state index is 0.0786. The number of nitroso groups, excluding NO2 is 1. The highest BCUT2D eigenvalue weighted by molar-refractivity contribution is 7.99. The van der Waals surface area contributed by atoms with Gasteiger partial charge in [-0.3, -0.25) is 4.79 Å². The number of carbonyl (C=O) groups is 1. The molecule has 2 aromatic carbocycles. The summed E-state index contributed by atoms with van der Waals surface area (Å²) in [6.07, 6.45) is 0.0771. The summed E-state index contributed by atoms with van der Waals surface area (Å²) < 4.78 is 10.9. The quantitative estimate of drug-likeness (QED) is 0.456. The zero-order valence-corrected chi connectivity index (χ0v) is 17.3. The topological polar surface area (TPSA) is 89.0 Å². The molecule has 0 saturated carbocycles. The van der Waals surface area contributed by atoms with Crippen LogP contribution in [0.5, 0.6) is 0 Å². The van der Waals surface area contributed by atoms with Crippen molar-refractivity contribution in [3.8, 4) is 0 Å². The molecule has 1 amide bonds. The molecule has 2 atom stereocenters. The highest BCUT2D eigenvalue weighted by atomic mass is 32.2. The first-order chi connectivity index (χ1) is 14.2. The Morgan fingerprint density at radius 3 is 2.66 bits per heavy atom. The second kappa shape index (κ2) is 10.4. The normalized spacial score (nSPS) is 16.2. The second-order valence-electron chi connectivity index (χ2n) is 6.72. The third kappa shape index (κ3) is 5.35. The van der Waals surface area contributed by atoms with Crippen molar-refractivity contribution in [2.24, 2.45) is 5.18 Å². The van der Waals surface area contributed by atoms with E-state index in [1.165, 1.54) is 5.56 Å². The second-order valence-corrected chi connectivity index (χ2v) is 7.95. The number of hydrogen-bond acceptors (Lipinski definition) is 7. The fourth-order valence-electron chi connectivity index (χ4n) is 3.34. The van der Waals surface area contributed by atoms with Crippen LogP contribution in [0, 0.1) is 4.91 Å². The maximum Gasteiger partial charge on any atom is 0.242 e. The van der Waals surface area contributed by atoms with E-state index in [0.29, 0.717) is 24.3 Å². The number of methoxy groups -OCH3 is 2. The van der Waals surface area contributed by atoms with Crippen LogP contribution in [0.15, 0.2) is 53.7 Å². The highest BCUT2D eigenvalue weighted by Gasteiger charge is 2.30. The van der Waals surface area contributed by atoms with Crippen LogP contribution in [0.25, 0.3) is 0 Å². The molecule has 2 N–H and O–H groups in total. The van der Waals surface area contributed by atoms with Crippen LogP contribution in [0.3, 0.4) is 0 Å². The standard InChI is InChI=1S/C21H25N3O4S/c1-27-21(28-2)18(29-13-14-7-4-3-5-8-14)12-22-20(25)17-11-15-9-6-10-16(24-26)19(15)23-17/h3-10,17-18,21,23H,11-13H2,1-2H3,(H,22,25). The van der Waals surface area contributed by atoms with E-state index in [1.54, 1.807) is 38.1 Å². The summed E-state index contributed by atoms with van der Waals surface area (Å²) >= 11 is 1.67. The molecular formula is C21H25N3O4S. The van der Waals surface area contributed by atoms with Crippen molar-refractivity contribution in [3.63, 3.8) is 0 Å². The van der Waals surface area contributed by atoms with Gasteiger partial charge < -0.3 is 20.1 Å². The number of thioether (sulfide) groups is 1. The molecule has 2 aromatic rings. The van der Waals surface area contributed by atoms with E-state index >= 15 is 0 Å².